The number of carbonyl (C=O) groups excluding carboxylic acids is 1. The number of amides is 1. The molecule has 0 unspecified atom stereocenters. The first-order valence-electron chi connectivity index (χ1n) is 7.65. The lowest BCUT2D eigenvalue weighted by Gasteiger charge is -2.16. The summed E-state index contributed by atoms with van der Waals surface area (Å²) in [5, 5.41) is 1.58. The molecule has 3 aromatic rings. The topological polar surface area (TPSA) is 45.7 Å². The van der Waals surface area contributed by atoms with E-state index in [1.165, 1.54) is 11.3 Å². The third kappa shape index (κ3) is 4.23. The van der Waals surface area contributed by atoms with Crippen molar-refractivity contribution in [3.8, 4) is 5.75 Å². The summed E-state index contributed by atoms with van der Waals surface area (Å²) in [6, 6.07) is 9.14. The van der Waals surface area contributed by atoms with Crippen molar-refractivity contribution in [2.75, 3.05) is 39.2 Å². The van der Waals surface area contributed by atoms with E-state index in [1.807, 2.05) is 37.2 Å². The number of fused-ring (bicyclic) bond motifs is 1. The van der Waals surface area contributed by atoms with E-state index in [0.717, 1.165) is 14.7 Å². The van der Waals surface area contributed by atoms with Gasteiger partial charge in [0.25, 0.3) is 5.91 Å². The average Bonchev–Trinajstić information content (AvgIpc) is 3.13. The zero-order valence-corrected chi connectivity index (χ0v) is 16.5. The third-order valence-corrected chi connectivity index (χ3v) is 6.06. The number of anilines is 1. The Balaban J connectivity index is 1.59. The number of benzene rings is 1. The van der Waals surface area contributed by atoms with E-state index in [2.05, 4.69) is 4.98 Å². The second kappa shape index (κ2) is 7.59. The predicted molar refractivity (Wildman–Crippen MR) is 106 cm³/mol. The Labute approximate surface area is 159 Å². The fourth-order valence-electron chi connectivity index (χ4n) is 2.17. The number of nitrogens with zero attached hydrogens (tertiary/aromatic N) is 3. The van der Waals surface area contributed by atoms with Crippen LogP contribution in [0.2, 0.25) is 5.02 Å². The summed E-state index contributed by atoms with van der Waals surface area (Å²) >= 11 is 8.94. The summed E-state index contributed by atoms with van der Waals surface area (Å²) in [5.41, 5.74) is 0. The van der Waals surface area contributed by atoms with Gasteiger partial charge in [0.2, 0.25) is 0 Å². The number of rotatable bonds is 6. The zero-order valence-electron chi connectivity index (χ0n) is 14.2. The molecule has 0 aliphatic heterocycles. The average molecular weight is 396 g/mol. The quantitative estimate of drug-likeness (QED) is 0.626. The van der Waals surface area contributed by atoms with Crippen molar-refractivity contribution in [1.82, 2.24) is 9.88 Å². The van der Waals surface area contributed by atoms with Crippen LogP contribution in [0, 0.1) is 0 Å². The van der Waals surface area contributed by atoms with E-state index in [1.54, 1.807) is 35.4 Å². The van der Waals surface area contributed by atoms with Crippen LogP contribution < -0.4 is 9.64 Å². The molecule has 8 heteroatoms. The highest BCUT2D eigenvalue weighted by molar-refractivity contribution is 7.29. The molecule has 2 heterocycles. The molecule has 0 saturated heterocycles. The van der Waals surface area contributed by atoms with Crippen LogP contribution in [0.4, 0.5) is 5.13 Å². The van der Waals surface area contributed by atoms with E-state index in [4.69, 9.17) is 16.3 Å². The van der Waals surface area contributed by atoms with Crippen molar-refractivity contribution in [3.05, 3.63) is 40.2 Å². The molecule has 1 amide bonds. The van der Waals surface area contributed by atoms with Gasteiger partial charge in [0.1, 0.15) is 17.2 Å². The van der Waals surface area contributed by atoms with Crippen molar-refractivity contribution in [2.24, 2.45) is 0 Å². The van der Waals surface area contributed by atoms with Gasteiger partial charge in [0, 0.05) is 26.2 Å². The molecule has 0 spiro atoms. The summed E-state index contributed by atoms with van der Waals surface area (Å²) in [5.74, 6) is 0.682. The number of thiophene rings is 1. The molecule has 0 atom stereocenters. The van der Waals surface area contributed by atoms with Crippen LogP contribution in [-0.4, -0.2) is 50.1 Å². The number of hydrogen-bond donors (Lipinski definition) is 0. The maximum atomic E-state index is 12.6. The summed E-state index contributed by atoms with van der Waals surface area (Å²) in [6.07, 6.45) is 0. The van der Waals surface area contributed by atoms with Gasteiger partial charge in [-0.15, -0.1) is 11.3 Å². The van der Waals surface area contributed by atoms with Crippen molar-refractivity contribution in [3.63, 3.8) is 0 Å². The first kappa shape index (κ1) is 18.0. The number of halogens is 1. The SMILES string of the molecule is CN(CCOc1cccc(Cl)c1)C(=O)c1cc2sc(N(C)C)nc2s1. The molecule has 0 aliphatic carbocycles. The molecule has 132 valence electrons. The van der Waals surface area contributed by atoms with Gasteiger partial charge in [-0.3, -0.25) is 4.79 Å². The number of aromatic nitrogens is 1. The van der Waals surface area contributed by atoms with Gasteiger partial charge in [-0.25, -0.2) is 4.98 Å². The Morgan fingerprint density at radius 3 is 2.72 bits per heavy atom. The van der Waals surface area contributed by atoms with Crippen molar-refractivity contribution < 1.29 is 9.53 Å². The zero-order chi connectivity index (χ0) is 18.0. The molecule has 0 fully saturated rings. The standard InChI is InChI=1S/C17H18ClN3O2S2/c1-20(2)17-19-15-13(25-17)10-14(24-15)16(22)21(3)7-8-23-12-6-4-5-11(18)9-12/h4-6,9-10H,7-8H2,1-3H3. The van der Waals surface area contributed by atoms with Crippen LogP contribution >= 0.6 is 34.3 Å². The number of thiazole rings is 1. The highest BCUT2D eigenvalue weighted by Gasteiger charge is 2.17. The minimum absolute atomic E-state index is 0.0173. The lowest BCUT2D eigenvalue weighted by Crippen LogP contribution is -2.30. The maximum Gasteiger partial charge on any atom is 0.263 e. The first-order valence-corrected chi connectivity index (χ1v) is 9.66. The number of hydrogen-bond acceptors (Lipinski definition) is 6. The summed E-state index contributed by atoms with van der Waals surface area (Å²) in [6.45, 7) is 0.901. The molecule has 0 radical (unpaired) electrons. The molecule has 0 saturated carbocycles. The summed E-state index contributed by atoms with van der Waals surface area (Å²) < 4.78 is 6.68. The van der Waals surface area contributed by atoms with Crippen LogP contribution in [-0.2, 0) is 0 Å². The van der Waals surface area contributed by atoms with Crippen molar-refractivity contribution in [2.45, 2.75) is 0 Å². The fraction of sp³-hybridized carbons (Fsp3) is 0.294. The molecule has 5 nitrogen and oxygen atoms in total. The number of ether oxygens (including phenoxy) is 1. The minimum atomic E-state index is -0.0173. The lowest BCUT2D eigenvalue weighted by atomic mass is 10.3. The number of carbonyl (C=O) groups is 1. The van der Waals surface area contributed by atoms with Gasteiger partial charge in [0.05, 0.1) is 16.1 Å². The summed E-state index contributed by atoms with van der Waals surface area (Å²) in [7, 11) is 5.69. The highest BCUT2D eigenvalue weighted by atomic mass is 35.5. The van der Waals surface area contributed by atoms with E-state index < -0.39 is 0 Å². The van der Waals surface area contributed by atoms with Gasteiger partial charge in [-0.2, -0.15) is 0 Å². The van der Waals surface area contributed by atoms with Gasteiger partial charge < -0.3 is 14.5 Å². The van der Waals surface area contributed by atoms with Crippen LogP contribution in [0.25, 0.3) is 9.53 Å². The van der Waals surface area contributed by atoms with Crippen LogP contribution in [0.3, 0.4) is 0 Å². The van der Waals surface area contributed by atoms with Gasteiger partial charge in [-0.1, -0.05) is 29.0 Å². The van der Waals surface area contributed by atoms with E-state index >= 15 is 0 Å². The first-order chi connectivity index (χ1) is 11.9. The Kier molecular flexibility index (Phi) is 5.46. The van der Waals surface area contributed by atoms with Crippen LogP contribution in [0.15, 0.2) is 30.3 Å². The number of likely N-dealkylation sites (N-methyl/N-ethyl adjacent to an activating group) is 1. The Morgan fingerprint density at radius 1 is 1.24 bits per heavy atom. The van der Waals surface area contributed by atoms with E-state index in [0.29, 0.717) is 28.8 Å². The van der Waals surface area contributed by atoms with Gasteiger partial charge >= 0.3 is 0 Å². The largest absolute Gasteiger partial charge is 0.492 e. The minimum Gasteiger partial charge on any atom is -0.492 e. The molecule has 0 aliphatic rings. The van der Waals surface area contributed by atoms with E-state index in [-0.39, 0.29) is 5.91 Å². The highest BCUT2D eigenvalue weighted by Crippen LogP contribution is 2.34. The normalized spacial score (nSPS) is 10.9. The second-order valence-corrected chi connectivity index (χ2v) is 8.18. The Bertz CT molecular complexity index is 860. The van der Waals surface area contributed by atoms with Crippen molar-refractivity contribution in [1.29, 1.82) is 0 Å². The lowest BCUT2D eigenvalue weighted by molar-refractivity contribution is 0.0778. The summed E-state index contributed by atoms with van der Waals surface area (Å²) in [4.78, 5) is 22.3. The molecular formula is C17H18ClN3O2S2. The Hall–Kier alpha value is -1.83. The molecule has 3 rings (SSSR count). The molecule has 25 heavy (non-hydrogen) atoms. The van der Waals surface area contributed by atoms with Crippen LogP contribution in [0.5, 0.6) is 5.75 Å². The predicted octanol–water partition coefficient (Wildman–Crippen LogP) is 4.23. The van der Waals surface area contributed by atoms with Crippen molar-refractivity contribution >= 4 is 54.8 Å². The molecular weight excluding hydrogens is 378 g/mol. The molecule has 2 aromatic heterocycles. The van der Waals surface area contributed by atoms with Gasteiger partial charge in [-0.05, 0) is 24.3 Å². The smallest absolute Gasteiger partial charge is 0.263 e. The molecule has 0 bridgehead atoms. The Morgan fingerprint density at radius 2 is 2.04 bits per heavy atom. The van der Waals surface area contributed by atoms with Crippen LogP contribution in [0.1, 0.15) is 9.67 Å². The van der Waals surface area contributed by atoms with Gasteiger partial charge in [0.15, 0.2) is 5.13 Å². The maximum absolute atomic E-state index is 12.6. The molecule has 0 N–H and O–H groups in total. The van der Waals surface area contributed by atoms with E-state index in [9.17, 15) is 4.79 Å². The monoisotopic (exact) mass is 395 g/mol. The third-order valence-electron chi connectivity index (χ3n) is 3.51. The second-order valence-electron chi connectivity index (χ2n) is 5.70. The fourth-order valence-corrected chi connectivity index (χ4v) is 4.48. The molecule has 1 aromatic carbocycles.